The fourth-order valence-electron chi connectivity index (χ4n) is 3.10. The molecule has 0 aromatic heterocycles. The maximum absolute atomic E-state index is 12.7. The lowest BCUT2D eigenvalue weighted by atomic mass is 10.2. The summed E-state index contributed by atoms with van der Waals surface area (Å²) in [5, 5.41) is 3.09. The first-order chi connectivity index (χ1) is 14.8. The van der Waals surface area contributed by atoms with E-state index in [0.29, 0.717) is 16.3 Å². The second-order valence-electron chi connectivity index (χ2n) is 6.86. The molecule has 31 heavy (non-hydrogen) atoms. The molecule has 0 spiro atoms. The third kappa shape index (κ3) is 6.28. The van der Waals surface area contributed by atoms with Gasteiger partial charge >= 0.3 is 6.03 Å². The lowest BCUT2D eigenvalue weighted by Gasteiger charge is -2.34. The Morgan fingerprint density at radius 1 is 1.10 bits per heavy atom. The minimum atomic E-state index is -3.68. The van der Waals surface area contributed by atoms with E-state index in [1.165, 1.54) is 21.3 Å². The Hall–Kier alpha value is -2.43. The number of nitrogens with zero attached hydrogens (tertiary/aromatic N) is 2. The molecule has 0 unspecified atom stereocenters. The van der Waals surface area contributed by atoms with Crippen LogP contribution < -0.4 is 10.1 Å². The number of carbonyl (C=O) groups excluding carboxylic acids is 1. The second kappa shape index (κ2) is 10.3. The lowest BCUT2D eigenvalue weighted by Crippen LogP contribution is -2.52. The molecular weight excluding hydrogens is 452 g/mol. The number of alkyl halides is 2. The molecule has 1 aliphatic rings. The summed E-state index contributed by atoms with van der Waals surface area (Å²) in [7, 11) is -3.68. The van der Waals surface area contributed by atoms with E-state index in [-0.39, 0.29) is 43.7 Å². The van der Waals surface area contributed by atoms with Gasteiger partial charge in [-0.25, -0.2) is 22.0 Å². The first-order valence-corrected chi connectivity index (χ1v) is 11.4. The van der Waals surface area contributed by atoms with Crippen molar-refractivity contribution in [3.8, 4) is 5.75 Å². The van der Waals surface area contributed by atoms with Crippen molar-refractivity contribution in [2.75, 3.05) is 32.8 Å². The predicted octanol–water partition coefficient (Wildman–Crippen LogP) is 3.20. The molecule has 2 amide bonds. The van der Waals surface area contributed by atoms with Crippen LogP contribution in [-0.4, -0.2) is 62.9 Å². The molecule has 0 atom stereocenters. The Balaban J connectivity index is 1.51. The summed E-state index contributed by atoms with van der Waals surface area (Å²) < 4.78 is 56.3. The van der Waals surface area contributed by atoms with Gasteiger partial charge in [0.25, 0.3) is 6.43 Å². The van der Waals surface area contributed by atoms with Gasteiger partial charge in [0.15, 0.2) is 0 Å². The van der Waals surface area contributed by atoms with Crippen LogP contribution in [-0.2, 0) is 16.6 Å². The van der Waals surface area contributed by atoms with E-state index in [9.17, 15) is 22.0 Å². The zero-order valence-corrected chi connectivity index (χ0v) is 18.1. The monoisotopic (exact) mass is 473 g/mol. The number of rotatable bonds is 7. The van der Waals surface area contributed by atoms with Crippen molar-refractivity contribution in [3.63, 3.8) is 0 Å². The Morgan fingerprint density at radius 3 is 2.48 bits per heavy atom. The van der Waals surface area contributed by atoms with E-state index in [1.807, 2.05) is 0 Å². The normalized spacial score (nSPS) is 15.2. The van der Waals surface area contributed by atoms with Crippen molar-refractivity contribution in [1.82, 2.24) is 14.5 Å². The van der Waals surface area contributed by atoms with Crippen molar-refractivity contribution < 1.29 is 26.7 Å². The van der Waals surface area contributed by atoms with Crippen LogP contribution in [0.2, 0.25) is 5.02 Å². The van der Waals surface area contributed by atoms with Gasteiger partial charge in [-0.1, -0.05) is 29.8 Å². The molecule has 168 valence electrons. The van der Waals surface area contributed by atoms with E-state index in [0.717, 1.165) is 0 Å². The highest BCUT2D eigenvalue weighted by atomic mass is 35.5. The molecule has 0 aliphatic carbocycles. The van der Waals surface area contributed by atoms with Crippen molar-refractivity contribution in [2.45, 2.75) is 17.9 Å². The van der Waals surface area contributed by atoms with E-state index >= 15 is 0 Å². The summed E-state index contributed by atoms with van der Waals surface area (Å²) in [5.41, 5.74) is 0.697. The number of piperazine rings is 1. The quantitative estimate of drug-likeness (QED) is 0.669. The number of carbonyl (C=O) groups is 1. The number of ether oxygens (including phenoxy) is 1. The number of halogens is 3. The van der Waals surface area contributed by atoms with Gasteiger partial charge in [-0.15, -0.1) is 0 Å². The van der Waals surface area contributed by atoms with E-state index in [2.05, 4.69) is 5.32 Å². The minimum absolute atomic E-state index is 0.117. The molecule has 0 saturated carbocycles. The summed E-state index contributed by atoms with van der Waals surface area (Å²) in [6, 6.07) is 12.3. The van der Waals surface area contributed by atoms with Crippen LogP contribution in [0.25, 0.3) is 0 Å². The Morgan fingerprint density at radius 2 is 1.81 bits per heavy atom. The Bertz CT molecular complexity index is 1010. The molecule has 11 heteroatoms. The van der Waals surface area contributed by atoms with Crippen LogP contribution in [0.15, 0.2) is 53.4 Å². The maximum atomic E-state index is 12.7. The maximum Gasteiger partial charge on any atom is 0.317 e. The number of sulfonamides is 1. The molecule has 2 aromatic rings. The van der Waals surface area contributed by atoms with Gasteiger partial charge in [-0.2, -0.15) is 4.31 Å². The zero-order chi connectivity index (χ0) is 22.4. The van der Waals surface area contributed by atoms with Crippen LogP contribution in [0.1, 0.15) is 5.56 Å². The van der Waals surface area contributed by atoms with Crippen molar-refractivity contribution >= 4 is 27.7 Å². The standard InChI is InChI=1S/C20H22ClF2N3O4S/c21-16-4-2-6-18(12-16)31(28,29)26-9-7-25(8-10-26)20(27)24-13-15-3-1-5-17(11-15)30-14-19(22)23/h1-6,11-12,19H,7-10,13-14H2,(H,24,27). The molecule has 1 saturated heterocycles. The molecule has 1 aliphatic heterocycles. The van der Waals surface area contributed by atoms with Crippen LogP contribution in [0.3, 0.4) is 0 Å². The van der Waals surface area contributed by atoms with Crippen LogP contribution in [0.4, 0.5) is 13.6 Å². The third-order valence-corrected chi connectivity index (χ3v) is 6.81. The summed E-state index contributed by atoms with van der Waals surface area (Å²) in [4.78, 5) is 14.1. The molecule has 0 radical (unpaired) electrons. The number of benzene rings is 2. The topological polar surface area (TPSA) is 79.0 Å². The molecule has 0 bridgehead atoms. The lowest BCUT2D eigenvalue weighted by molar-refractivity contribution is 0.0818. The molecule has 7 nitrogen and oxygen atoms in total. The summed E-state index contributed by atoms with van der Waals surface area (Å²) in [6.45, 7) is 0.300. The Kier molecular flexibility index (Phi) is 7.69. The highest BCUT2D eigenvalue weighted by Gasteiger charge is 2.30. The van der Waals surface area contributed by atoms with Crippen molar-refractivity contribution in [1.29, 1.82) is 0 Å². The van der Waals surface area contributed by atoms with Gasteiger partial charge in [-0.3, -0.25) is 0 Å². The zero-order valence-electron chi connectivity index (χ0n) is 16.5. The first-order valence-electron chi connectivity index (χ1n) is 9.54. The van der Waals surface area contributed by atoms with Crippen LogP contribution >= 0.6 is 11.6 Å². The third-order valence-electron chi connectivity index (χ3n) is 4.68. The van der Waals surface area contributed by atoms with E-state index in [4.69, 9.17) is 16.3 Å². The van der Waals surface area contributed by atoms with Crippen LogP contribution in [0.5, 0.6) is 5.75 Å². The first kappa shape index (κ1) is 23.2. The fourth-order valence-corrected chi connectivity index (χ4v) is 4.83. The average molecular weight is 474 g/mol. The smallest absolute Gasteiger partial charge is 0.317 e. The number of hydrogen-bond acceptors (Lipinski definition) is 4. The van der Waals surface area contributed by atoms with E-state index < -0.39 is 23.1 Å². The molecule has 3 rings (SSSR count). The predicted molar refractivity (Wildman–Crippen MR) is 112 cm³/mol. The van der Waals surface area contributed by atoms with Gasteiger partial charge in [-0.05, 0) is 35.9 Å². The van der Waals surface area contributed by atoms with Crippen molar-refractivity contribution in [3.05, 3.63) is 59.1 Å². The highest BCUT2D eigenvalue weighted by molar-refractivity contribution is 7.89. The SMILES string of the molecule is O=C(NCc1cccc(OCC(F)F)c1)N1CCN(S(=O)(=O)c2cccc(Cl)c2)CC1. The second-order valence-corrected chi connectivity index (χ2v) is 9.23. The molecule has 2 aromatic carbocycles. The fraction of sp³-hybridized carbons (Fsp3) is 0.350. The van der Waals surface area contributed by atoms with Gasteiger partial charge < -0.3 is 15.0 Å². The molecular formula is C20H22ClF2N3O4S. The molecule has 1 fully saturated rings. The van der Waals surface area contributed by atoms with Gasteiger partial charge in [0.2, 0.25) is 10.0 Å². The Labute approximate surface area is 184 Å². The number of urea groups is 1. The largest absolute Gasteiger partial charge is 0.488 e. The number of hydrogen-bond donors (Lipinski definition) is 1. The molecule has 1 N–H and O–H groups in total. The van der Waals surface area contributed by atoms with Crippen molar-refractivity contribution in [2.24, 2.45) is 0 Å². The minimum Gasteiger partial charge on any atom is -0.488 e. The van der Waals surface area contributed by atoms with Gasteiger partial charge in [0.1, 0.15) is 12.4 Å². The average Bonchev–Trinajstić information content (AvgIpc) is 2.76. The van der Waals surface area contributed by atoms with Crippen LogP contribution in [0, 0.1) is 0 Å². The highest BCUT2D eigenvalue weighted by Crippen LogP contribution is 2.21. The summed E-state index contributed by atoms with van der Waals surface area (Å²) in [6.07, 6.45) is -2.57. The number of nitrogens with one attached hydrogen (secondary N) is 1. The summed E-state index contributed by atoms with van der Waals surface area (Å²) >= 11 is 5.90. The van der Waals surface area contributed by atoms with Gasteiger partial charge in [0, 0.05) is 37.7 Å². The molecule has 1 heterocycles. The van der Waals surface area contributed by atoms with E-state index in [1.54, 1.807) is 36.4 Å². The summed E-state index contributed by atoms with van der Waals surface area (Å²) in [5.74, 6) is 0.298. The van der Waals surface area contributed by atoms with Gasteiger partial charge in [0.05, 0.1) is 4.90 Å². The number of amides is 2.